The molecule has 1 heterocycles. The van der Waals surface area contributed by atoms with E-state index in [4.69, 9.17) is 5.73 Å². The van der Waals surface area contributed by atoms with Crippen molar-refractivity contribution in [1.82, 2.24) is 4.98 Å². The molecule has 4 nitrogen and oxygen atoms in total. The molecule has 0 aliphatic carbocycles. The lowest BCUT2D eigenvalue weighted by molar-refractivity contribution is 0.296. The van der Waals surface area contributed by atoms with Gasteiger partial charge in [-0.25, -0.2) is 0 Å². The van der Waals surface area contributed by atoms with Gasteiger partial charge in [-0.3, -0.25) is 4.98 Å². The second kappa shape index (κ2) is 6.76. The molecule has 0 radical (unpaired) electrons. The minimum atomic E-state index is 0.141. The Labute approximate surface area is 126 Å². The van der Waals surface area contributed by atoms with Crippen molar-refractivity contribution in [1.29, 1.82) is 0 Å². The van der Waals surface area contributed by atoms with Crippen LogP contribution in [0.4, 0.5) is 11.4 Å². The van der Waals surface area contributed by atoms with E-state index in [1.807, 2.05) is 25.1 Å². The summed E-state index contributed by atoms with van der Waals surface area (Å²) in [5.74, 6) is 0. The van der Waals surface area contributed by atoms with Gasteiger partial charge in [0, 0.05) is 35.0 Å². The van der Waals surface area contributed by atoms with Crippen molar-refractivity contribution in [2.75, 3.05) is 23.8 Å². The second-order valence-corrected chi connectivity index (χ2v) is 5.45. The van der Waals surface area contributed by atoms with Crippen LogP contribution in [0, 0.1) is 6.92 Å². The van der Waals surface area contributed by atoms with Crippen molar-refractivity contribution in [2.24, 2.45) is 0 Å². The van der Waals surface area contributed by atoms with Crippen LogP contribution in [-0.4, -0.2) is 29.3 Å². The highest BCUT2D eigenvalue weighted by molar-refractivity contribution is 5.94. The zero-order chi connectivity index (χ0) is 15.4. The number of aliphatic hydroxyl groups excluding tert-OH is 1. The molecule has 3 N–H and O–H groups in total. The lowest BCUT2D eigenvalue weighted by Gasteiger charge is -2.33. The van der Waals surface area contributed by atoms with Crippen molar-refractivity contribution >= 4 is 22.3 Å². The summed E-state index contributed by atoms with van der Waals surface area (Å²) < 4.78 is 0. The van der Waals surface area contributed by atoms with E-state index < -0.39 is 0 Å². The van der Waals surface area contributed by atoms with E-state index >= 15 is 0 Å². The van der Waals surface area contributed by atoms with Gasteiger partial charge in [-0.2, -0.15) is 0 Å². The third-order valence-electron chi connectivity index (χ3n) is 3.97. The fourth-order valence-electron chi connectivity index (χ4n) is 2.93. The molecule has 0 atom stereocenters. The number of nitrogen functional groups attached to an aromatic ring is 1. The van der Waals surface area contributed by atoms with Crippen LogP contribution in [0.3, 0.4) is 0 Å². The van der Waals surface area contributed by atoms with Gasteiger partial charge in [-0.1, -0.05) is 13.8 Å². The zero-order valence-electron chi connectivity index (χ0n) is 13.1. The summed E-state index contributed by atoms with van der Waals surface area (Å²) in [6.07, 6.45) is 2.09. The highest BCUT2D eigenvalue weighted by Crippen LogP contribution is 2.30. The van der Waals surface area contributed by atoms with Gasteiger partial charge in [0.05, 0.1) is 12.1 Å². The summed E-state index contributed by atoms with van der Waals surface area (Å²) in [5, 5.41) is 10.5. The van der Waals surface area contributed by atoms with Gasteiger partial charge in [0.15, 0.2) is 0 Å². The minimum Gasteiger partial charge on any atom is -0.399 e. The lowest BCUT2D eigenvalue weighted by Crippen LogP contribution is -2.37. The Balaban J connectivity index is 2.62. The lowest BCUT2D eigenvalue weighted by atomic mass is 10.1. The molecular formula is C17H25N3O. The number of fused-ring (bicyclic) bond motifs is 1. The molecule has 0 spiro atoms. The summed E-state index contributed by atoms with van der Waals surface area (Å²) in [4.78, 5) is 6.87. The van der Waals surface area contributed by atoms with E-state index in [0.29, 0.717) is 12.6 Å². The Morgan fingerprint density at radius 3 is 2.57 bits per heavy atom. The molecule has 1 aromatic carbocycles. The maximum atomic E-state index is 9.45. The Bertz CT molecular complexity index is 608. The predicted molar refractivity (Wildman–Crippen MR) is 89.7 cm³/mol. The molecule has 1 aromatic heterocycles. The van der Waals surface area contributed by atoms with Gasteiger partial charge < -0.3 is 15.7 Å². The number of nitrogens with zero attached hydrogens (tertiary/aromatic N) is 2. The Hall–Kier alpha value is -1.81. The van der Waals surface area contributed by atoms with Gasteiger partial charge in [0.2, 0.25) is 0 Å². The largest absolute Gasteiger partial charge is 0.399 e. The monoisotopic (exact) mass is 287 g/mol. The van der Waals surface area contributed by atoms with Crippen molar-refractivity contribution < 1.29 is 5.11 Å². The van der Waals surface area contributed by atoms with Crippen molar-refractivity contribution in [3.05, 3.63) is 30.0 Å². The number of rotatable bonds is 6. The number of anilines is 2. The van der Waals surface area contributed by atoms with E-state index in [0.717, 1.165) is 40.8 Å². The Kier molecular flexibility index (Phi) is 5.02. The molecule has 0 saturated carbocycles. The van der Waals surface area contributed by atoms with Gasteiger partial charge in [-0.05, 0) is 44.0 Å². The number of hydrogen-bond acceptors (Lipinski definition) is 4. The summed E-state index contributed by atoms with van der Waals surface area (Å²) >= 11 is 0. The van der Waals surface area contributed by atoms with E-state index in [9.17, 15) is 5.11 Å². The van der Waals surface area contributed by atoms with E-state index in [1.54, 1.807) is 0 Å². The zero-order valence-corrected chi connectivity index (χ0v) is 13.1. The third-order valence-corrected chi connectivity index (χ3v) is 3.97. The Morgan fingerprint density at radius 1 is 1.24 bits per heavy atom. The number of pyridine rings is 1. The van der Waals surface area contributed by atoms with E-state index in [1.165, 1.54) is 0 Å². The number of nitrogens with two attached hydrogens (primary N) is 1. The smallest absolute Gasteiger partial charge is 0.0727 e. The summed E-state index contributed by atoms with van der Waals surface area (Å²) in [7, 11) is 0. The summed E-state index contributed by atoms with van der Waals surface area (Å²) in [6.45, 7) is 7.14. The van der Waals surface area contributed by atoms with Gasteiger partial charge in [0.25, 0.3) is 0 Å². The van der Waals surface area contributed by atoms with Gasteiger partial charge in [-0.15, -0.1) is 0 Å². The molecule has 0 unspecified atom stereocenters. The van der Waals surface area contributed by atoms with Crippen LogP contribution in [0.1, 0.15) is 32.4 Å². The van der Waals surface area contributed by atoms with Crippen LogP contribution in [0.2, 0.25) is 0 Å². The van der Waals surface area contributed by atoms with Crippen LogP contribution >= 0.6 is 0 Å². The standard InChI is InChI=1S/C17H25N3O/c1-4-14(5-2)20(8-9-21)17-10-12(3)19-16-7-6-13(18)11-15(16)17/h6-7,10-11,14,21H,4-5,8-9,18H2,1-3H3. The average molecular weight is 287 g/mol. The molecule has 2 rings (SSSR count). The first kappa shape index (κ1) is 15.6. The van der Waals surface area contributed by atoms with Crippen molar-refractivity contribution in [2.45, 2.75) is 39.7 Å². The molecular weight excluding hydrogens is 262 g/mol. The number of hydrogen-bond donors (Lipinski definition) is 2. The van der Waals surface area contributed by atoms with Gasteiger partial charge in [0.1, 0.15) is 0 Å². The first-order valence-corrected chi connectivity index (χ1v) is 7.65. The fraction of sp³-hybridized carbons (Fsp3) is 0.471. The molecule has 4 heteroatoms. The molecule has 114 valence electrons. The van der Waals surface area contributed by atoms with Crippen LogP contribution in [0.25, 0.3) is 10.9 Å². The van der Waals surface area contributed by atoms with Crippen molar-refractivity contribution in [3.8, 4) is 0 Å². The predicted octanol–water partition coefficient (Wildman–Crippen LogP) is 3.11. The molecule has 0 fully saturated rings. The van der Waals surface area contributed by atoms with Crippen LogP contribution in [-0.2, 0) is 0 Å². The first-order chi connectivity index (χ1) is 10.1. The highest BCUT2D eigenvalue weighted by Gasteiger charge is 2.18. The maximum Gasteiger partial charge on any atom is 0.0727 e. The number of aliphatic hydroxyl groups is 1. The quantitative estimate of drug-likeness (QED) is 0.801. The summed E-state index contributed by atoms with van der Waals surface area (Å²) in [6, 6.07) is 8.32. The van der Waals surface area contributed by atoms with Crippen LogP contribution in [0.15, 0.2) is 24.3 Å². The SMILES string of the molecule is CCC(CC)N(CCO)c1cc(C)nc2ccc(N)cc12. The van der Waals surface area contributed by atoms with E-state index in [-0.39, 0.29) is 6.61 Å². The number of aromatic nitrogens is 1. The first-order valence-electron chi connectivity index (χ1n) is 7.65. The Morgan fingerprint density at radius 2 is 1.95 bits per heavy atom. The van der Waals surface area contributed by atoms with Gasteiger partial charge >= 0.3 is 0 Å². The van der Waals surface area contributed by atoms with Crippen LogP contribution in [0.5, 0.6) is 0 Å². The third kappa shape index (κ3) is 3.27. The second-order valence-electron chi connectivity index (χ2n) is 5.45. The maximum absolute atomic E-state index is 9.45. The fourth-order valence-corrected chi connectivity index (χ4v) is 2.93. The topological polar surface area (TPSA) is 62.4 Å². The minimum absolute atomic E-state index is 0.141. The molecule has 21 heavy (non-hydrogen) atoms. The number of benzene rings is 1. The molecule has 0 aliphatic heterocycles. The number of aryl methyl sites for hydroxylation is 1. The van der Waals surface area contributed by atoms with Crippen molar-refractivity contribution in [3.63, 3.8) is 0 Å². The normalized spacial score (nSPS) is 11.3. The van der Waals surface area contributed by atoms with E-state index in [2.05, 4.69) is 29.8 Å². The highest BCUT2D eigenvalue weighted by atomic mass is 16.3. The molecule has 2 aromatic rings. The molecule has 0 bridgehead atoms. The summed E-state index contributed by atoms with van der Waals surface area (Å²) in [5.41, 5.74) is 9.74. The van der Waals surface area contributed by atoms with Crippen LogP contribution < -0.4 is 10.6 Å². The molecule has 0 aliphatic rings. The molecule has 0 amide bonds. The average Bonchev–Trinajstić information content (AvgIpc) is 2.47. The molecule has 0 saturated heterocycles.